The van der Waals surface area contributed by atoms with Crippen LogP contribution in [0.1, 0.15) is 62.9 Å². The van der Waals surface area contributed by atoms with E-state index in [4.69, 9.17) is 16.3 Å². The smallest absolute Gasteiger partial charge is 0.224 e. The molecule has 0 spiro atoms. The molecule has 1 aromatic carbocycles. The quantitative estimate of drug-likeness (QED) is 0.407. The zero-order chi connectivity index (χ0) is 26.2. The molecule has 2 fully saturated rings. The Morgan fingerprint density at radius 1 is 1.33 bits per heavy atom. The number of nitrogens with one attached hydrogen (secondary N) is 3. The molecule has 192 valence electrons. The molecule has 3 atom stereocenters. The molecular formula is C26H30ClFN4O4. The molecule has 1 saturated heterocycles. The van der Waals surface area contributed by atoms with Gasteiger partial charge >= 0.3 is 0 Å². The Labute approximate surface area is 213 Å². The number of halogens is 2. The van der Waals surface area contributed by atoms with Crippen molar-refractivity contribution in [2.75, 3.05) is 7.11 Å². The predicted octanol–water partition coefficient (Wildman–Crippen LogP) is 4.27. The van der Waals surface area contributed by atoms with Crippen LogP contribution in [0.2, 0.25) is 5.02 Å². The first-order valence-electron chi connectivity index (χ1n) is 12.1. The van der Waals surface area contributed by atoms with E-state index >= 15 is 0 Å². The molecule has 4 rings (SSSR count). The average Bonchev–Trinajstić information content (AvgIpc) is 3.47. The lowest BCUT2D eigenvalue weighted by molar-refractivity contribution is -0.127. The average molecular weight is 517 g/mol. The number of aromatic nitrogens is 1. The Kier molecular flexibility index (Phi) is 7.28. The minimum atomic E-state index is -0.832. The van der Waals surface area contributed by atoms with E-state index in [1.807, 2.05) is 13.8 Å². The van der Waals surface area contributed by atoms with E-state index in [0.717, 1.165) is 12.8 Å². The number of aromatic amines is 1. The molecule has 2 aromatic rings. The Hall–Kier alpha value is -3.12. The largest absolute Gasteiger partial charge is 0.493 e. The van der Waals surface area contributed by atoms with Crippen LogP contribution in [0.3, 0.4) is 0 Å². The normalized spacial score (nSPS) is 20.4. The Bertz CT molecular complexity index is 1250. The standard InChI is InChI=1S/C26H30ClFN4O4/c1-26(2)11-15(25(35)32-26)7-16(12-29)30-24(34)14(6-13-4-5-13)8-21(33)20-9-17-19(31-20)10-18(27)22(28)23(17)36-3/h9-10,13-16,31H,4-8,11H2,1-3H3,(H,30,34)(H,32,35)/t14-,15-,16+/m1/s1. The van der Waals surface area contributed by atoms with E-state index in [-0.39, 0.29) is 58.4 Å². The van der Waals surface area contributed by atoms with Gasteiger partial charge < -0.3 is 20.4 Å². The van der Waals surface area contributed by atoms with E-state index in [1.54, 1.807) is 0 Å². The first-order chi connectivity index (χ1) is 17.0. The fourth-order valence-electron chi connectivity index (χ4n) is 5.02. The molecule has 1 aliphatic carbocycles. The van der Waals surface area contributed by atoms with Gasteiger partial charge in [-0.15, -0.1) is 0 Å². The fraction of sp³-hybridized carbons (Fsp3) is 0.538. The number of H-pyrrole nitrogens is 1. The van der Waals surface area contributed by atoms with Gasteiger partial charge in [-0.25, -0.2) is 4.39 Å². The summed E-state index contributed by atoms with van der Waals surface area (Å²) in [6.07, 6.45) is 3.27. The van der Waals surface area contributed by atoms with Crippen molar-refractivity contribution in [3.8, 4) is 11.8 Å². The van der Waals surface area contributed by atoms with Crippen LogP contribution < -0.4 is 15.4 Å². The number of carbonyl (C=O) groups excluding carboxylic acids is 3. The number of hydrogen-bond acceptors (Lipinski definition) is 5. The maximum Gasteiger partial charge on any atom is 0.224 e. The number of ether oxygens (including phenoxy) is 1. The van der Waals surface area contributed by atoms with E-state index in [0.29, 0.717) is 29.7 Å². The fourth-order valence-corrected chi connectivity index (χ4v) is 5.21. The number of nitriles is 1. The summed E-state index contributed by atoms with van der Waals surface area (Å²) in [5, 5.41) is 15.6. The van der Waals surface area contributed by atoms with E-state index in [2.05, 4.69) is 21.7 Å². The molecular weight excluding hydrogens is 487 g/mol. The number of amides is 2. The Balaban J connectivity index is 1.47. The second kappa shape index (κ2) is 10.1. The Morgan fingerprint density at radius 3 is 2.64 bits per heavy atom. The number of methoxy groups -OCH3 is 1. The van der Waals surface area contributed by atoms with Crippen LogP contribution in [-0.4, -0.2) is 41.3 Å². The lowest BCUT2D eigenvalue weighted by Gasteiger charge is -2.20. The van der Waals surface area contributed by atoms with Crippen LogP contribution in [0.15, 0.2) is 12.1 Å². The van der Waals surface area contributed by atoms with E-state index in [1.165, 1.54) is 19.2 Å². The van der Waals surface area contributed by atoms with Crippen LogP contribution in [0.5, 0.6) is 5.75 Å². The minimum Gasteiger partial charge on any atom is -0.493 e. The van der Waals surface area contributed by atoms with Gasteiger partial charge in [0, 0.05) is 29.2 Å². The number of hydrogen-bond donors (Lipinski definition) is 3. The maximum atomic E-state index is 14.3. The first kappa shape index (κ1) is 26.0. The van der Waals surface area contributed by atoms with Gasteiger partial charge in [0.15, 0.2) is 17.3 Å². The summed E-state index contributed by atoms with van der Waals surface area (Å²) >= 11 is 5.93. The lowest BCUT2D eigenvalue weighted by Crippen LogP contribution is -2.40. The van der Waals surface area contributed by atoms with Crippen molar-refractivity contribution in [2.45, 2.75) is 64.0 Å². The molecule has 2 heterocycles. The number of rotatable bonds is 10. The van der Waals surface area contributed by atoms with Crippen molar-refractivity contribution in [1.29, 1.82) is 5.26 Å². The van der Waals surface area contributed by atoms with Gasteiger partial charge in [0.25, 0.3) is 0 Å². The second-order valence-corrected chi connectivity index (χ2v) is 11.0. The Morgan fingerprint density at radius 2 is 2.06 bits per heavy atom. The summed E-state index contributed by atoms with van der Waals surface area (Å²) in [6, 6.07) is 4.15. The van der Waals surface area contributed by atoms with Gasteiger partial charge in [-0.3, -0.25) is 14.4 Å². The van der Waals surface area contributed by atoms with Crippen molar-refractivity contribution < 1.29 is 23.5 Å². The van der Waals surface area contributed by atoms with Crippen LogP contribution in [0, 0.1) is 34.9 Å². The molecule has 0 bridgehead atoms. The highest BCUT2D eigenvalue weighted by Gasteiger charge is 2.39. The third kappa shape index (κ3) is 5.65. The van der Waals surface area contributed by atoms with Crippen molar-refractivity contribution in [1.82, 2.24) is 15.6 Å². The second-order valence-electron chi connectivity index (χ2n) is 10.6. The monoisotopic (exact) mass is 516 g/mol. The van der Waals surface area contributed by atoms with E-state index < -0.39 is 17.8 Å². The van der Waals surface area contributed by atoms with Crippen molar-refractivity contribution >= 4 is 40.1 Å². The van der Waals surface area contributed by atoms with Crippen LogP contribution in [0.4, 0.5) is 4.39 Å². The summed E-state index contributed by atoms with van der Waals surface area (Å²) in [7, 11) is 1.32. The summed E-state index contributed by atoms with van der Waals surface area (Å²) in [6.45, 7) is 3.84. The van der Waals surface area contributed by atoms with Gasteiger partial charge in [0.05, 0.1) is 29.4 Å². The van der Waals surface area contributed by atoms with Gasteiger partial charge in [-0.1, -0.05) is 24.4 Å². The van der Waals surface area contributed by atoms with Crippen molar-refractivity contribution in [3.63, 3.8) is 0 Å². The minimum absolute atomic E-state index is 0.0592. The molecule has 2 aliphatic rings. The van der Waals surface area contributed by atoms with E-state index in [9.17, 15) is 24.0 Å². The third-order valence-corrected chi connectivity index (χ3v) is 7.25. The number of ketones is 1. The summed E-state index contributed by atoms with van der Waals surface area (Å²) in [5.74, 6) is -2.19. The number of carbonyl (C=O) groups is 3. The maximum absolute atomic E-state index is 14.3. The number of nitrogens with zero attached hydrogens (tertiary/aromatic N) is 1. The zero-order valence-corrected chi connectivity index (χ0v) is 21.3. The summed E-state index contributed by atoms with van der Waals surface area (Å²) < 4.78 is 19.4. The van der Waals surface area contributed by atoms with Gasteiger partial charge in [0.2, 0.25) is 11.8 Å². The molecule has 1 aliphatic heterocycles. The van der Waals surface area contributed by atoms with Crippen molar-refractivity contribution in [3.05, 3.63) is 28.7 Å². The van der Waals surface area contributed by atoms with Crippen LogP contribution >= 0.6 is 11.6 Å². The molecule has 10 heteroatoms. The molecule has 8 nitrogen and oxygen atoms in total. The number of benzene rings is 1. The first-order valence-corrected chi connectivity index (χ1v) is 12.5. The SMILES string of the molecule is COc1c(F)c(Cl)cc2[nH]c(C(=O)C[C@@H](CC3CC3)C(=O)N[C@H](C#N)C[C@@H]3CC(C)(C)NC3=O)cc12. The highest BCUT2D eigenvalue weighted by Crippen LogP contribution is 2.38. The van der Waals surface area contributed by atoms with Crippen molar-refractivity contribution in [2.24, 2.45) is 17.8 Å². The highest BCUT2D eigenvalue weighted by molar-refractivity contribution is 6.31. The molecule has 0 radical (unpaired) electrons. The molecule has 1 saturated carbocycles. The molecule has 36 heavy (non-hydrogen) atoms. The third-order valence-electron chi connectivity index (χ3n) is 6.98. The van der Waals surface area contributed by atoms with Gasteiger partial charge in [-0.05, 0) is 51.2 Å². The zero-order valence-electron chi connectivity index (χ0n) is 20.5. The topological polar surface area (TPSA) is 124 Å². The van der Waals surface area contributed by atoms with Crippen LogP contribution in [0.25, 0.3) is 10.9 Å². The molecule has 1 aromatic heterocycles. The summed E-state index contributed by atoms with van der Waals surface area (Å²) in [5.41, 5.74) is 0.328. The number of fused-ring (bicyclic) bond motifs is 1. The summed E-state index contributed by atoms with van der Waals surface area (Å²) in [4.78, 5) is 41.5. The molecule has 3 N–H and O–H groups in total. The highest BCUT2D eigenvalue weighted by atomic mass is 35.5. The predicted molar refractivity (Wildman–Crippen MR) is 132 cm³/mol. The molecule has 2 amide bonds. The number of Topliss-reactive ketones (excluding diaryl/α,β-unsaturated/α-hetero) is 1. The van der Waals surface area contributed by atoms with Crippen LogP contribution in [-0.2, 0) is 9.59 Å². The lowest BCUT2D eigenvalue weighted by atomic mass is 9.90. The van der Waals surface area contributed by atoms with Gasteiger partial charge in [0.1, 0.15) is 6.04 Å². The molecule has 0 unspecified atom stereocenters. The van der Waals surface area contributed by atoms with Gasteiger partial charge in [-0.2, -0.15) is 5.26 Å².